The molecule has 1 aromatic heterocycles. The van der Waals surface area contributed by atoms with Crippen molar-refractivity contribution in [3.63, 3.8) is 0 Å². The van der Waals surface area contributed by atoms with Crippen molar-refractivity contribution in [3.8, 4) is 0 Å². The second kappa shape index (κ2) is 10.0. The van der Waals surface area contributed by atoms with Crippen molar-refractivity contribution in [1.29, 1.82) is 0 Å². The number of hydrogen-bond donors (Lipinski definition) is 2. The summed E-state index contributed by atoms with van der Waals surface area (Å²) in [5, 5.41) is 6.61. The Bertz CT molecular complexity index is 946. The van der Waals surface area contributed by atoms with E-state index in [9.17, 15) is 9.59 Å². The molecule has 3 fully saturated rings. The van der Waals surface area contributed by atoms with E-state index >= 15 is 0 Å². The molecule has 2 atom stereocenters. The lowest BCUT2D eigenvalue weighted by Crippen LogP contribution is -2.51. The summed E-state index contributed by atoms with van der Waals surface area (Å²) >= 11 is 0. The molecule has 2 saturated carbocycles. The SMILES string of the molecule is O=C(NC1CCCCC1)C(c1cccnc1)N(C(=O)C1CCCN1)c1ccc(C2CC2)cc1. The Balaban J connectivity index is 1.50. The van der Waals surface area contributed by atoms with Crippen LogP contribution in [0.15, 0.2) is 48.8 Å². The molecule has 0 radical (unpaired) electrons. The minimum Gasteiger partial charge on any atom is -0.351 e. The van der Waals surface area contributed by atoms with Gasteiger partial charge in [-0.1, -0.05) is 37.5 Å². The van der Waals surface area contributed by atoms with E-state index in [0.717, 1.165) is 56.3 Å². The van der Waals surface area contributed by atoms with Crippen LogP contribution in [0.25, 0.3) is 0 Å². The van der Waals surface area contributed by atoms with E-state index in [4.69, 9.17) is 0 Å². The first-order valence-corrected chi connectivity index (χ1v) is 12.6. The summed E-state index contributed by atoms with van der Waals surface area (Å²) in [5.41, 5.74) is 2.82. The number of pyridine rings is 1. The van der Waals surface area contributed by atoms with Crippen molar-refractivity contribution in [2.45, 2.75) is 81.8 Å². The van der Waals surface area contributed by atoms with E-state index in [-0.39, 0.29) is 23.9 Å². The maximum atomic E-state index is 13.9. The molecule has 0 spiro atoms. The van der Waals surface area contributed by atoms with Crippen molar-refractivity contribution < 1.29 is 9.59 Å². The highest BCUT2D eigenvalue weighted by Crippen LogP contribution is 2.41. The molecule has 174 valence electrons. The van der Waals surface area contributed by atoms with Crippen LogP contribution in [-0.2, 0) is 9.59 Å². The molecule has 6 nitrogen and oxygen atoms in total. The zero-order valence-electron chi connectivity index (χ0n) is 19.2. The maximum Gasteiger partial charge on any atom is 0.248 e. The smallest absolute Gasteiger partial charge is 0.248 e. The Morgan fingerprint density at radius 2 is 1.76 bits per heavy atom. The van der Waals surface area contributed by atoms with E-state index in [1.807, 2.05) is 24.3 Å². The first-order chi connectivity index (χ1) is 16.2. The van der Waals surface area contributed by atoms with Gasteiger partial charge in [0, 0.05) is 29.7 Å². The van der Waals surface area contributed by atoms with Gasteiger partial charge in [-0.15, -0.1) is 0 Å². The molecule has 1 aromatic carbocycles. The summed E-state index contributed by atoms with van der Waals surface area (Å²) in [6.45, 7) is 0.830. The summed E-state index contributed by atoms with van der Waals surface area (Å²) in [4.78, 5) is 33.6. The zero-order valence-corrected chi connectivity index (χ0v) is 19.2. The van der Waals surface area contributed by atoms with Crippen LogP contribution in [0.5, 0.6) is 0 Å². The lowest BCUT2D eigenvalue weighted by molar-refractivity contribution is -0.128. The molecule has 0 bridgehead atoms. The number of benzene rings is 1. The topological polar surface area (TPSA) is 74.3 Å². The van der Waals surface area contributed by atoms with Crippen molar-refractivity contribution in [2.24, 2.45) is 0 Å². The van der Waals surface area contributed by atoms with Crippen LogP contribution in [-0.4, -0.2) is 35.4 Å². The van der Waals surface area contributed by atoms with Gasteiger partial charge in [0.25, 0.3) is 0 Å². The second-order valence-electron chi connectivity index (χ2n) is 9.76. The van der Waals surface area contributed by atoms with Crippen LogP contribution in [0.3, 0.4) is 0 Å². The Morgan fingerprint density at radius 1 is 0.970 bits per heavy atom. The van der Waals surface area contributed by atoms with Crippen molar-refractivity contribution >= 4 is 17.5 Å². The molecule has 2 heterocycles. The molecule has 5 rings (SSSR count). The number of carbonyl (C=O) groups is 2. The number of amides is 2. The molecule has 1 aliphatic heterocycles. The van der Waals surface area contributed by atoms with Gasteiger partial charge in [0.1, 0.15) is 6.04 Å². The zero-order chi connectivity index (χ0) is 22.6. The van der Waals surface area contributed by atoms with Gasteiger partial charge in [-0.3, -0.25) is 19.5 Å². The van der Waals surface area contributed by atoms with Crippen LogP contribution in [0.1, 0.15) is 80.9 Å². The Kier molecular flexibility index (Phi) is 6.72. The van der Waals surface area contributed by atoms with Crippen LogP contribution < -0.4 is 15.5 Å². The van der Waals surface area contributed by atoms with Gasteiger partial charge < -0.3 is 10.6 Å². The van der Waals surface area contributed by atoms with Crippen LogP contribution in [0.2, 0.25) is 0 Å². The van der Waals surface area contributed by atoms with Gasteiger partial charge in [0.2, 0.25) is 11.8 Å². The van der Waals surface area contributed by atoms with Crippen molar-refractivity contribution in [1.82, 2.24) is 15.6 Å². The van der Waals surface area contributed by atoms with Gasteiger partial charge in [0.05, 0.1) is 6.04 Å². The number of rotatable bonds is 7. The summed E-state index contributed by atoms with van der Waals surface area (Å²) in [6.07, 6.45) is 13.1. The average molecular weight is 447 g/mol. The maximum absolute atomic E-state index is 13.9. The largest absolute Gasteiger partial charge is 0.351 e. The van der Waals surface area contributed by atoms with E-state index in [0.29, 0.717) is 5.92 Å². The Hall–Kier alpha value is -2.73. The van der Waals surface area contributed by atoms with Gasteiger partial charge in [-0.25, -0.2) is 0 Å². The minimum atomic E-state index is -0.748. The highest BCUT2D eigenvalue weighted by Gasteiger charge is 2.38. The monoisotopic (exact) mass is 446 g/mol. The summed E-state index contributed by atoms with van der Waals surface area (Å²) in [7, 11) is 0. The predicted octanol–water partition coefficient (Wildman–Crippen LogP) is 4.23. The number of anilines is 1. The second-order valence-corrected chi connectivity index (χ2v) is 9.76. The fraction of sp³-hybridized carbons (Fsp3) is 0.519. The summed E-state index contributed by atoms with van der Waals surface area (Å²) < 4.78 is 0. The third-order valence-electron chi connectivity index (χ3n) is 7.27. The molecule has 6 heteroatoms. The predicted molar refractivity (Wildman–Crippen MR) is 129 cm³/mol. The van der Waals surface area contributed by atoms with E-state index in [2.05, 4.69) is 27.8 Å². The number of nitrogens with one attached hydrogen (secondary N) is 2. The Morgan fingerprint density at radius 3 is 2.39 bits per heavy atom. The van der Waals surface area contributed by atoms with E-state index in [1.165, 1.54) is 24.8 Å². The summed E-state index contributed by atoms with van der Waals surface area (Å²) in [6, 6.07) is 11.2. The minimum absolute atomic E-state index is 0.0423. The molecule has 1 saturated heterocycles. The van der Waals surface area contributed by atoms with Gasteiger partial charge in [-0.2, -0.15) is 0 Å². The standard InChI is InChI=1S/C27H34N4O2/c32-26(30-22-7-2-1-3-8-22)25(21-6-4-16-28-18-21)31(27(33)24-9-5-17-29-24)23-14-12-20(13-15-23)19-10-11-19/h4,6,12-16,18-19,22,24-25,29H,1-3,5,7-11,17H2,(H,30,32). The number of nitrogens with zero attached hydrogens (tertiary/aromatic N) is 2. The van der Waals surface area contributed by atoms with Crippen molar-refractivity contribution in [3.05, 3.63) is 59.9 Å². The molecule has 2 aliphatic carbocycles. The van der Waals surface area contributed by atoms with Crippen LogP contribution >= 0.6 is 0 Å². The molecular weight excluding hydrogens is 412 g/mol. The lowest BCUT2D eigenvalue weighted by atomic mass is 9.94. The fourth-order valence-corrected chi connectivity index (χ4v) is 5.27. The quantitative estimate of drug-likeness (QED) is 0.667. The van der Waals surface area contributed by atoms with Crippen molar-refractivity contribution in [2.75, 3.05) is 11.4 Å². The third kappa shape index (κ3) is 5.11. The molecule has 2 amide bonds. The number of carbonyl (C=O) groups excluding carboxylic acids is 2. The van der Waals surface area contributed by atoms with E-state index in [1.54, 1.807) is 17.3 Å². The van der Waals surface area contributed by atoms with Crippen LogP contribution in [0.4, 0.5) is 5.69 Å². The molecular formula is C27H34N4O2. The molecule has 3 aliphatic rings. The summed E-state index contributed by atoms with van der Waals surface area (Å²) in [5.74, 6) is 0.482. The highest BCUT2D eigenvalue weighted by atomic mass is 16.2. The fourth-order valence-electron chi connectivity index (χ4n) is 5.27. The number of hydrogen-bond acceptors (Lipinski definition) is 4. The normalized spacial score (nSPS) is 22.0. The molecule has 2 aromatic rings. The van der Waals surface area contributed by atoms with E-state index < -0.39 is 6.04 Å². The first kappa shape index (κ1) is 22.1. The third-order valence-corrected chi connectivity index (χ3v) is 7.27. The average Bonchev–Trinajstić information content (AvgIpc) is 3.56. The number of aromatic nitrogens is 1. The lowest BCUT2D eigenvalue weighted by Gasteiger charge is -2.34. The molecule has 2 unspecified atom stereocenters. The highest BCUT2D eigenvalue weighted by molar-refractivity contribution is 6.03. The van der Waals surface area contributed by atoms with Gasteiger partial charge in [-0.05, 0) is 74.8 Å². The Labute approximate surface area is 196 Å². The van der Waals surface area contributed by atoms with Gasteiger partial charge >= 0.3 is 0 Å². The molecule has 33 heavy (non-hydrogen) atoms. The van der Waals surface area contributed by atoms with Crippen LogP contribution in [0, 0.1) is 0 Å². The first-order valence-electron chi connectivity index (χ1n) is 12.6. The molecule has 2 N–H and O–H groups in total. The van der Waals surface area contributed by atoms with Gasteiger partial charge in [0.15, 0.2) is 0 Å².